The average molecular weight is 266 g/mol. The number of amides is 1. The maximum atomic E-state index is 11.8. The third-order valence-electron chi connectivity index (χ3n) is 2.75. The van der Waals surface area contributed by atoms with Crippen LogP contribution in [0.4, 0.5) is 10.5 Å². The maximum Gasteiger partial charge on any atom is 0.415 e. The second kappa shape index (κ2) is 5.66. The Kier molecular flexibility index (Phi) is 3.96. The van der Waals surface area contributed by atoms with Crippen LogP contribution in [0.3, 0.4) is 0 Å². The van der Waals surface area contributed by atoms with Gasteiger partial charge in [0.05, 0.1) is 24.2 Å². The average Bonchev–Trinajstić information content (AvgIpc) is 2.39. The highest BCUT2D eigenvalue weighted by molar-refractivity contribution is 5.70. The summed E-state index contributed by atoms with van der Waals surface area (Å²) in [5.74, 6) is 0.287. The quantitative estimate of drug-likeness (QED) is 0.602. The minimum atomic E-state index is -0.505. The molecule has 0 spiro atoms. The summed E-state index contributed by atoms with van der Waals surface area (Å²) in [7, 11) is 0. The number of non-ortho nitro benzene ring substituents is 1. The van der Waals surface area contributed by atoms with E-state index < -0.39 is 11.0 Å². The van der Waals surface area contributed by atoms with Crippen LogP contribution in [0.15, 0.2) is 24.3 Å². The van der Waals surface area contributed by atoms with Gasteiger partial charge < -0.3 is 14.4 Å². The first kappa shape index (κ1) is 13.3. The molecule has 0 N–H and O–H groups in total. The molecule has 1 aliphatic heterocycles. The van der Waals surface area contributed by atoms with Gasteiger partial charge in [0, 0.05) is 18.7 Å². The van der Waals surface area contributed by atoms with Gasteiger partial charge >= 0.3 is 6.09 Å². The van der Waals surface area contributed by atoms with Crippen LogP contribution in [0, 0.1) is 10.1 Å². The Morgan fingerprint density at radius 3 is 2.74 bits per heavy atom. The lowest BCUT2D eigenvalue weighted by Gasteiger charge is -2.30. The van der Waals surface area contributed by atoms with Gasteiger partial charge in [-0.25, -0.2) is 4.79 Å². The number of benzene rings is 1. The zero-order valence-corrected chi connectivity index (χ0v) is 10.4. The molecule has 1 aromatic rings. The highest BCUT2D eigenvalue weighted by Gasteiger charge is 2.23. The first-order valence-corrected chi connectivity index (χ1v) is 5.89. The van der Waals surface area contributed by atoms with Gasteiger partial charge in [-0.2, -0.15) is 0 Å². The summed E-state index contributed by atoms with van der Waals surface area (Å²) in [6.07, 6.45) is -0.484. The van der Waals surface area contributed by atoms with Crippen molar-refractivity contribution >= 4 is 11.8 Å². The highest BCUT2D eigenvalue weighted by Crippen LogP contribution is 2.18. The van der Waals surface area contributed by atoms with E-state index in [1.54, 1.807) is 4.90 Å². The van der Waals surface area contributed by atoms with Gasteiger partial charge in [-0.3, -0.25) is 10.1 Å². The van der Waals surface area contributed by atoms with Crippen LogP contribution in [0.2, 0.25) is 0 Å². The van der Waals surface area contributed by atoms with Crippen molar-refractivity contribution in [3.05, 3.63) is 34.4 Å². The number of nitro groups is 1. The SMILES string of the molecule is C[C@H]1CN(C(=O)Oc2ccc([N+](=O)[O-])cc2)CCO1. The molecular weight excluding hydrogens is 252 g/mol. The van der Waals surface area contributed by atoms with Crippen molar-refractivity contribution in [2.75, 3.05) is 19.7 Å². The molecule has 0 saturated carbocycles. The molecule has 102 valence electrons. The number of ether oxygens (including phenoxy) is 2. The summed E-state index contributed by atoms with van der Waals surface area (Å²) >= 11 is 0. The molecule has 0 aromatic heterocycles. The van der Waals surface area contributed by atoms with Crippen molar-refractivity contribution in [2.24, 2.45) is 0 Å². The topological polar surface area (TPSA) is 81.9 Å². The van der Waals surface area contributed by atoms with Gasteiger partial charge in [0.25, 0.3) is 5.69 Å². The first-order chi connectivity index (χ1) is 9.06. The zero-order valence-electron chi connectivity index (χ0n) is 10.4. The van der Waals surface area contributed by atoms with Gasteiger partial charge in [-0.05, 0) is 19.1 Å². The number of hydrogen-bond donors (Lipinski definition) is 0. The summed E-state index contributed by atoms with van der Waals surface area (Å²) in [5, 5.41) is 10.5. The first-order valence-electron chi connectivity index (χ1n) is 5.89. The second-order valence-corrected chi connectivity index (χ2v) is 4.25. The fourth-order valence-electron chi connectivity index (χ4n) is 1.79. The summed E-state index contributed by atoms with van der Waals surface area (Å²) < 4.78 is 10.5. The molecule has 1 atom stereocenters. The van der Waals surface area contributed by atoms with E-state index in [4.69, 9.17) is 9.47 Å². The Balaban J connectivity index is 1.96. The number of carbonyl (C=O) groups is 1. The van der Waals surface area contributed by atoms with Crippen LogP contribution in [-0.4, -0.2) is 41.7 Å². The molecule has 7 heteroatoms. The van der Waals surface area contributed by atoms with Gasteiger partial charge in [-0.1, -0.05) is 0 Å². The lowest BCUT2D eigenvalue weighted by atomic mass is 10.3. The van der Waals surface area contributed by atoms with E-state index in [0.717, 1.165) is 0 Å². The van der Waals surface area contributed by atoms with Gasteiger partial charge in [0.2, 0.25) is 0 Å². The van der Waals surface area contributed by atoms with E-state index in [9.17, 15) is 14.9 Å². The summed E-state index contributed by atoms with van der Waals surface area (Å²) in [5.41, 5.74) is -0.0419. The van der Waals surface area contributed by atoms with Crippen molar-refractivity contribution in [3.8, 4) is 5.75 Å². The van der Waals surface area contributed by atoms with E-state index in [1.807, 2.05) is 6.92 Å². The molecule has 0 bridgehead atoms. The lowest BCUT2D eigenvalue weighted by molar-refractivity contribution is -0.384. The van der Waals surface area contributed by atoms with E-state index in [2.05, 4.69) is 0 Å². The molecule has 1 aromatic carbocycles. The molecule has 0 unspecified atom stereocenters. The van der Waals surface area contributed by atoms with E-state index in [-0.39, 0.29) is 17.5 Å². The van der Waals surface area contributed by atoms with Crippen LogP contribution in [0.5, 0.6) is 5.75 Å². The van der Waals surface area contributed by atoms with Crippen LogP contribution in [0.25, 0.3) is 0 Å². The summed E-state index contributed by atoms with van der Waals surface area (Å²) in [6, 6.07) is 5.40. The Morgan fingerprint density at radius 2 is 2.16 bits per heavy atom. The lowest BCUT2D eigenvalue weighted by Crippen LogP contribution is -2.45. The van der Waals surface area contributed by atoms with Crippen molar-refractivity contribution < 1.29 is 19.2 Å². The molecule has 0 aliphatic carbocycles. The summed E-state index contributed by atoms with van der Waals surface area (Å²) in [6.45, 7) is 3.32. The Bertz CT molecular complexity index is 474. The van der Waals surface area contributed by atoms with E-state index in [1.165, 1.54) is 24.3 Å². The minimum Gasteiger partial charge on any atom is -0.410 e. The zero-order chi connectivity index (χ0) is 13.8. The number of rotatable bonds is 2. The molecule has 1 fully saturated rings. The fourth-order valence-corrected chi connectivity index (χ4v) is 1.79. The standard InChI is InChI=1S/C12H14N2O5/c1-9-8-13(6-7-18-9)12(15)19-11-4-2-10(3-5-11)14(16)17/h2-5,9H,6-8H2,1H3/t9-/m0/s1. The minimum absolute atomic E-state index is 0.0156. The molecule has 0 radical (unpaired) electrons. The molecule has 1 amide bonds. The highest BCUT2D eigenvalue weighted by atomic mass is 16.6. The predicted octanol–water partition coefficient (Wildman–Crippen LogP) is 1.81. The van der Waals surface area contributed by atoms with Gasteiger partial charge in [0.15, 0.2) is 0 Å². The third-order valence-corrected chi connectivity index (χ3v) is 2.75. The largest absolute Gasteiger partial charge is 0.415 e. The normalized spacial score (nSPS) is 19.0. The fraction of sp³-hybridized carbons (Fsp3) is 0.417. The van der Waals surface area contributed by atoms with Crippen molar-refractivity contribution in [3.63, 3.8) is 0 Å². The Labute approximate surface area is 109 Å². The summed E-state index contributed by atoms with van der Waals surface area (Å²) in [4.78, 5) is 23.4. The number of nitrogens with zero attached hydrogens (tertiary/aromatic N) is 2. The third kappa shape index (κ3) is 3.41. The molecule has 7 nitrogen and oxygen atoms in total. The predicted molar refractivity (Wildman–Crippen MR) is 66.1 cm³/mol. The number of hydrogen-bond acceptors (Lipinski definition) is 5. The van der Waals surface area contributed by atoms with Crippen LogP contribution < -0.4 is 4.74 Å². The van der Waals surface area contributed by atoms with Gasteiger partial charge in [-0.15, -0.1) is 0 Å². The molecular formula is C12H14N2O5. The van der Waals surface area contributed by atoms with Crippen molar-refractivity contribution in [1.29, 1.82) is 0 Å². The number of nitro benzene ring substituents is 1. The molecule has 1 heterocycles. The molecule has 1 aliphatic rings. The van der Waals surface area contributed by atoms with Gasteiger partial charge in [0.1, 0.15) is 5.75 Å². The number of carbonyl (C=O) groups excluding carboxylic acids is 1. The van der Waals surface area contributed by atoms with Crippen LogP contribution in [-0.2, 0) is 4.74 Å². The van der Waals surface area contributed by atoms with Crippen molar-refractivity contribution in [2.45, 2.75) is 13.0 Å². The monoisotopic (exact) mass is 266 g/mol. The van der Waals surface area contributed by atoms with E-state index in [0.29, 0.717) is 19.7 Å². The maximum absolute atomic E-state index is 11.8. The second-order valence-electron chi connectivity index (χ2n) is 4.25. The number of morpholine rings is 1. The molecule has 19 heavy (non-hydrogen) atoms. The van der Waals surface area contributed by atoms with Crippen LogP contribution in [0.1, 0.15) is 6.92 Å². The molecule has 1 saturated heterocycles. The smallest absolute Gasteiger partial charge is 0.410 e. The Hall–Kier alpha value is -2.15. The van der Waals surface area contributed by atoms with Crippen LogP contribution >= 0.6 is 0 Å². The Morgan fingerprint density at radius 1 is 1.47 bits per heavy atom. The van der Waals surface area contributed by atoms with E-state index >= 15 is 0 Å². The molecule has 2 rings (SSSR count). The van der Waals surface area contributed by atoms with Crippen molar-refractivity contribution in [1.82, 2.24) is 4.90 Å².